The van der Waals surface area contributed by atoms with Crippen molar-refractivity contribution in [3.63, 3.8) is 0 Å². The smallest absolute Gasteiger partial charge is 0.410 e. The number of alkyl halides is 12. The highest BCUT2D eigenvalue weighted by Crippen LogP contribution is 2.58. The van der Waals surface area contributed by atoms with Crippen LogP contribution >= 0.6 is 0 Å². The van der Waals surface area contributed by atoms with E-state index in [0.29, 0.717) is 5.56 Å². The van der Waals surface area contributed by atoms with Gasteiger partial charge in [0.05, 0.1) is 30.4 Å². The van der Waals surface area contributed by atoms with E-state index in [2.05, 4.69) is 11.7 Å². The number of hydrogen-bond acceptors (Lipinski definition) is 7. The van der Waals surface area contributed by atoms with E-state index < -0.39 is 73.6 Å². The molecule has 0 N–H and O–H groups in total. The van der Waals surface area contributed by atoms with Crippen LogP contribution in [-0.2, 0) is 14.3 Å². The third-order valence-electron chi connectivity index (χ3n) is 8.30. The fraction of sp³-hybridized carbons (Fsp3) is 0.447. The van der Waals surface area contributed by atoms with Crippen LogP contribution in [0.2, 0.25) is 0 Å². The average Bonchev–Trinajstić information content (AvgIpc) is 3.16. The Bertz CT molecular complexity index is 1780. The van der Waals surface area contributed by atoms with E-state index in [1.165, 1.54) is 36.4 Å². The Hall–Kier alpha value is -4.97. The molecule has 0 radical (unpaired) electrons. The lowest BCUT2D eigenvalue weighted by Crippen LogP contribution is -2.70. The van der Waals surface area contributed by atoms with Crippen LogP contribution in [0.15, 0.2) is 72.8 Å². The van der Waals surface area contributed by atoms with Crippen molar-refractivity contribution in [2.45, 2.75) is 94.5 Å². The molecule has 0 saturated carbocycles. The monoisotopic (exact) mass is 832 g/mol. The molecule has 0 unspecified atom stereocenters. The topological polar surface area (TPSA) is 88.1 Å². The normalized spacial score (nSPS) is 13.2. The van der Waals surface area contributed by atoms with E-state index in [4.69, 9.17) is 14.2 Å². The van der Waals surface area contributed by atoms with Crippen LogP contribution in [0.5, 0.6) is 11.5 Å². The van der Waals surface area contributed by atoms with Crippen molar-refractivity contribution in [1.29, 1.82) is 0 Å². The summed E-state index contributed by atoms with van der Waals surface area (Å²) in [5.41, 5.74) is 1.96. The van der Waals surface area contributed by atoms with Crippen LogP contribution in [0.4, 0.5) is 52.7 Å². The molecule has 0 aliphatic heterocycles. The van der Waals surface area contributed by atoms with Crippen LogP contribution in [0, 0.1) is 0 Å². The molecule has 19 heteroatoms. The Kier molecular flexibility index (Phi) is 15.5. The van der Waals surface area contributed by atoms with Gasteiger partial charge in [0.1, 0.15) is 11.5 Å². The van der Waals surface area contributed by atoms with Gasteiger partial charge in [-0.15, -0.1) is 0 Å². The fourth-order valence-electron chi connectivity index (χ4n) is 4.91. The summed E-state index contributed by atoms with van der Waals surface area (Å²) in [4.78, 5) is 36.6. The van der Waals surface area contributed by atoms with E-state index >= 15 is 0 Å². The van der Waals surface area contributed by atoms with Crippen LogP contribution in [0.25, 0.3) is 11.1 Å². The molecular formula is C38H36F12O7. The molecule has 0 heterocycles. The molecule has 3 aromatic rings. The summed E-state index contributed by atoms with van der Waals surface area (Å²) in [7, 11) is 0. The van der Waals surface area contributed by atoms with Gasteiger partial charge in [0.2, 0.25) is 0 Å². The minimum Gasteiger partial charge on any atom is -0.493 e. The predicted octanol–water partition coefficient (Wildman–Crippen LogP) is 10.8. The number of carbonyl (C=O) groups excluding carboxylic acids is 3. The van der Waals surface area contributed by atoms with E-state index in [9.17, 15) is 67.1 Å². The lowest BCUT2D eigenvalue weighted by atomic mass is 9.94. The Morgan fingerprint density at radius 1 is 0.596 bits per heavy atom. The first-order chi connectivity index (χ1) is 26.5. The number of rotatable bonds is 21. The summed E-state index contributed by atoms with van der Waals surface area (Å²) in [6, 6.07) is 18.2. The molecule has 1 atom stereocenters. The molecule has 0 spiro atoms. The van der Waals surface area contributed by atoms with Gasteiger partial charge < -0.3 is 18.9 Å². The highest BCUT2D eigenvalue weighted by Gasteiger charge is 2.89. The minimum atomic E-state index is -7.85. The van der Waals surface area contributed by atoms with Crippen molar-refractivity contribution in [1.82, 2.24) is 0 Å². The first kappa shape index (κ1) is 46.4. The van der Waals surface area contributed by atoms with E-state index in [0.717, 1.165) is 43.2 Å². The first-order valence-corrected chi connectivity index (χ1v) is 17.2. The van der Waals surface area contributed by atoms with Gasteiger partial charge in [-0.3, -0.25) is 0 Å². The lowest BCUT2D eigenvalue weighted by Gasteiger charge is -2.38. The van der Waals surface area contributed by atoms with Gasteiger partial charge in [0, 0.05) is 6.42 Å². The van der Waals surface area contributed by atoms with Crippen LogP contribution < -0.4 is 9.47 Å². The summed E-state index contributed by atoms with van der Waals surface area (Å²) in [5, 5.41) is 0. The van der Waals surface area contributed by atoms with Crippen molar-refractivity contribution >= 4 is 17.9 Å². The second kappa shape index (κ2) is 19.0. The molecule has 0 saturated heterocycles. The molecule has 3 rings (SSSR count). The van der Waals surface area contributed by atoms with Gasteiger partial charge in [-0.25, -0.2) is 23.2 Å². The summed E-state index contributed by atoms with van der Waals surface area (Å²) in [5.74, 6) is -41.8. The summed E-state index contributed by atoms with van der Waals surface area (Å²) in [6.07, 6.45) is -1.39. The highest BCUT2D eigenvalue weighted by molar-refractivity contribution is 5.91. The Morgan fingerprint density at radius 3 is 1.65 bits per heavy atom. The molecule has 57 heavy (non-hydrogen) atoms. The number of unbranched alkanes of at least 4 members (excludes halogenated alkanes) is 3. The van der Waals surface area contributed by atoms with Gasteiger partial charge >= 0.3 is 53.9 Å². The highest BCUT2D eigenvalue weighted by atomic mass is 19.4. The minimum absolute atomic E-state index is 0.0251. The fourth-order valence-corrected chi connectivity index (χ4v) is 4.91. The van der Waals surface area contributed by atoms with Crippen LogP contribution in [-0.4, -0.2) is 73.3 Å². The molecule has 314 valence electrons. The van der Waals surface area contributed by atoms with E-state index in [1.54, 1.807) is 36.4 Å². The van der Waals surface area contributed by atoms with Crippen LogP contribution in [0.3, 0.4) is 0 Å². The maximum Gasteiger partial charge on any atom is 0.410 e. The number of ether oxygens (including phenoxy) is 4. The first-order valence-electron chi connectivity index (χ1n) is 17.2. The SMILES string of the molecule is CCCCCC[C@@H](C)OC(=O)c1ccc(-c2ccc(OC(=O)c3ccc(OCCCOC(=O)C(F)(F)C(F)(F)C(F)(F)C(F)(F)C(F)(F)C(F)F)cc3)cc2)cc1. The summed E-state index contributed by atoms with van der Waals surface area (Å²) in [6.45, 7) is 2.19. The molecule has 0 amide bonds. The number of benzene rings is 3. The molecule has 3 aromatic carbocycles. The second-order valence-electron chi connectivity index (χ2n) is 12.6. The van der Waals surface area contributed by atoms with Gasteiger partial charge in [0.25, 0.3) is 0 Å². The van der Waals surface area contributed by atoms with E-state index in [-0.39, 0.29) is 23.2 Å². The molecule has 7 nitrogen and oxygen atoms in total. The quantitative estimate of drug-likeness (QED) is 0.0457. The maximum atomic E-state index is 13.9. The third kappa shape index (κ3) is 10.7. The number of esters is 3. The average molecular weight is 833 g/mol. The summed E-state index contributed by atoms with van der Waals surface area (Å²) >= 11 is 0. The Balaban J connectivity index is 1.47. The largest absolute Gasteiger partial charge is 0.493 e. The van der Waals surface area contributed by atoms with Gasteiger partial charge in [-0.1, -0.05) is 50.5 Å². The molecular weight excluding hydrogens is 796 g/mol. The number of hydrogen-bond donors (Lipinski definition) is 0. The molecule has 0 aromatic heterocycles. The lowest BCUT2D eigenvalue weighted by molar-refractivity contribution is -0.408. The standard InChI is InChI=1S/C38H36F12O7/c1-3-4-5-6-8-23(2)56-30(51)26-11-9-24(10-12-26)25-13-19-29(20-14-25)57-31(52)27-15-17-28(18-16-27)54-21-7-22-55-33(53)35(43,44)37(47,48)38(49,50)36(45,46)34(41,42)32(39)40/h9-20,23,32H,3-8,21-22H2,1-2H3/t23-/m1/s1. The van der Waals surface area contributed by atoms with Crippen molar-refractivity contribution in [3.8, 4) is 22.6 Å². The van der Waals surface area contributed by atoms with Crippen molar-refractivity contribution in [3.05, 3.63) is 83.9 Å². The Labute approximate surface area is 318 Å². The van der Waals surface area contributed by atoms with Crippen molar-refractivity contribution in [2.24, 2.45) is 0 Å². The number of carbonyl (C=O) groups is 3. The zero-order valence-corrected chi connectivity index (χ0v) is 30.1. The summed E-state index contributed by atoms with van der Waals surface area (Å²) < 4.78 is 179. The molecule has 0 fully saturated rings. The third-order valence-corrected chi connectivity index (χ3v) is 8.30. The van der Waals surface area contributed by atoms with Gasteiger partial charge in [-0.05, 0) is 79.4 Å². The Morgan fingerprint density at radius 2 is 1.11 bits per heavy atom. The molecule has 0 bridgehead atoms. The van der Waals surface area contributed by atoms with Crippen molar-refractivity contribution < 1.29 is 86.0 Å². The van der Waals surface area contributed by atoms with Crippen LogP contribution in [0.1, 0.15) is 73.1 Å². The molecule has 0 aliphatic carbocycles. The number of halogens is 12. The molecule has 0 aliphatic rings. The maximum absolute atomic E-state index is 13.9. The zero-order chi connectivity index (χ0) is 42.8. The zero-order valence-electron chi connectivity index (χ0n) is 30.1. The van der Waals surface area contributed by atoms with Gasteiger partial charge in [0.15, 0.2) is 0 Å². The van der Waals surface area contributed by atoms with Gasteiger partial charge in [-0.2, -0.15) is 43.9 Å². The van der Waals surface area contributed by atoms with Crippen molar-refractivity contribution in [2.75, 3.05) is 13.2 Å². The predicted molar refractivity (Wildman–Crippen MR) is 179 cm³/mol. The second-order valence-corrected chi connectivity index (χ2v) is 12.6. The van der Waals surface area contributed by atoms with E-state index in [1.807, 2.05) is 6.92 Å².